The molecule has 1 aromatic heterocycles. The number of carbonyl (C=O) groups is 1. The first-order valence-electron chi connectivity index (χ1n) is 7.71. The minimum absolute atomic E-state index is 0.0215. The van der Waals surface area contributed by atoms with E-state index in [1.165, 1.54) is 0 Å². The molecule has 0 radical (unpaired) electrons. The van der Waals surface area contributed by atoms with Crippen LogP contribution in [0.2, 0.25) is 5.02 Å². The molecule has 124 valence electrons. The molecule has 1 aromatic rings. The number of likely N-dealkylation sites (tertiary alicyclic amines) is 1. The highest BCUT2D eigenvalue weighted by Gasteiger charge is 2.29. The number of halogens is 1. The summed E-state index contributed by atoms with van der Waals surface area (Å²) in [7, 11) is 0. The smallest absolute Gasteiger partial charge is 0.237 e. The van der Waals surface area contributed by atoms with Crippen LogP contribution in [0.25, 0.3) is 0 Å². The van der Waals surface area contributed by atoms with Gasteiger partial charge < -0.3 is 15.5 Å². The molecule has 1 atom stereocenters. The molecule has 23 heavy (non-hydrogen) atoms. The summed E-state index contributed by atoms with van der Waals surface area (Å²) in [5.74, 6) is 0.714. The van der Waals surface area contributed by atoms with Crippen molar-refractivity contribution in [3.8, 4) is 6.07 Å². The van der Waals surface area contributed by atoms with Gasteiger partial charge in [0.1, 0.15) is 11.9 Å². The monoisotopic (exact) mass is 335 g/mol. The first kappa shape index (κ1) is 17.5. The molecule has 6 nitrogen and oxygen atoms in total. The SMILES string of the molecule is CC(C)(CNc1ccc(Cl)cn1)NCC(=O)N1CCCC1C#N. The van der Waals surface area contributed by atoms with Crippen molar-refractivity contribution in [1.82, 2.24) is 15.2 Å². The van der Waals surface area contributed by atoms with Crippen LogP contribution in [0.15, 0.2) is 18.3 Å². The Morgan fingerprint density at radius 3 is 3.00 bits per heavy atom. The topological polar surface area (TPSA) is 81.1 Å². The molecule has 2 N–H and O–H groups in total. The third-order valence-electron chi connectivity index (χ3n) is 3.88. The third-order valence-corrected chi connectivity index (χ3v) is 4.10. The van der Waals surface area contributed by atoms with Crippen molar-refractivity contribution in [2.75, 3.05) is 25.0 Å². The quantitative estimate of drug-likeness (QED) is 0.831. The van der Waals surface area contributed by atoms with Crippen LogP contribution in [0.3, 0.4) is 0 Å². The number of hydrogen-bond acceptors (Lipinski definition) is 5. The summed E-state index contributed by atoms with van der Waals surface area (Å²) in [6, 6.07) is 5.50. The number of nitrogens with one attached hydrogen (secondary N) is 2. The highest BCUT2D eigenvalue weighted by molar-refractivity contribution is 6.30. The molecule has 2 heterocycles. The van der Waals surface area contributed by atoms with Crippen LogP contribution >= 0.6 is 11.6 Å². The number of nitrogens with zero attached hydrogens (tertiary/aromatic N) is 3. The normalized spacial score (nSPS) is 17.8. The van der Waals surface area contributed by atoms with Crippen LogP contribution in [0.4, 0.5) is 5.82 Å². The molecule has 2 rings (SSSR count). The van der Waals surface area contributed by atoms with Gasteiger partial charge in [0.15, 0.2) is 0 Å². The van der Waals surface area contributed by atoms with Gasteiger partial charge in [0.05, 0.1) is 17.6 Å². The van der Waals surface area contributed by atoms with Crippen molar-refractivity contribution in [1.29, 1.82) is 5.26 Å². The second-order valence-corrected chi connectivity index (χ2v) is 6.76. The maximum Gasteiger partial charge on any atom is 0.237 e. The number of carbonyl (C=O) groups excluding carboxylic acids is 1. The third kappa shape index (κ3) is 5.08. The summed E-state index contributed by atoms with van der Waals surface area (Å²) in [6.07, 6.45) is 3.26. The summed E-state index contributed by atoms with van der Waals surface area (Å²) in [5, 5.41) is 16.1. The lowest BCUT2D eigenvalue weighted by Gasteiger charge is -2.28. The van der Waals surface area contributed by atoms with Gasteiger partial charge in [0, 0.05) is 24.8 Å². The first-order chi connectivity index (χ1) is 10.9. The molecule has 1 saturated heterocycles. The van der Waals surface area contributed by atoms with Gasteiger partial charge in [-0.1, -0.05) is 11.6 Å². The van der Waals surface area contributed by atoms with E-state index in [2.05, 4.69) is 21.7 Å². The Balaban J connectivity index is 1.80. The van der Waals surface area contributed by atoms with E-state index in [-0.39, 0.29) is 24.0 Å². The maximum absolute atomic E-state index is 12.2. The number of nitriles is 1. The standard InChI is InChI=1S/C16H22ClN5O/c1-16(2,11-20-14-6-5-12(17)9-19-14)21-10-15(23)22-7-3-4-13(22)8-18/h5-6,9,13,21H,3-4,7,10-11H2,1-2H3,(H,19,20). The maximum atomic E-state index is 12.2. The van der Waals surface area contributed by atoms with Crippen LogP contribution in [0.5, 0.6) is 0 Å². The largest absolute Gasteiger partial charge is 0.368 e. The van der Waals surface area contributed by atoms with Crippen molar-refractivity contribution in [3.63, 3.8) is 0 Å². The molecule has 1 fully saturated rings. The van der Waals surface area contributed by atoms with E-state index in [4.69, 9.17) is 16.9 Å². The van der Waals surface area contributed by atoms with E-state index >= 15 is 0 Å². The Hall–Kier alpha value is -1.84. The van der Waals surface area contributed by atoms with Gasteiger partial charge >= 0.3 is 0 Å². The van der Waals surface area contributed by atoms with E-state index in [0.29, 0.717) is 18.1 Å². The lowest BCUT2D eigenvalue weighted by Crippen LogP contribution is -2.50. The Morgan fingerprint density at radius 1 is 1.57 bits per heavy atom. The number of hydrogen-bond donors (Lipinski definition) is 2. The highest BCUT2D eigenvalue weighted by Crippen LogP contribution is 2.16. The Bertz CT molecular complexity index is 581. The zero-order valence-electron chi connectivity index (χ0n) is 13.5. The highest BCUT2D eigenvalue weighted by atomic mass is 35.5. The summed E-state index contributed by atoms with van der Waals surface area (Å²) < 4.78 is 0. The van der Waals surface area contributed by atoms with Gasteiger partial charge in [-0.05, 0) is 38.8 Å². The summed E-state index contributed by atoms with van der Waals surface area (Å²) in [6.45, 7) is 5.52. The van der Waals surface area contributed by atoms with Gasteiger partial charge in [-0.3, -0.25) is 4.79 Å². The molecule has 0 saturated carbocycles. The molecule has 1 unspecified atom stereocenters. The summed E-state index contributed by atoms with van der Waals surface area (Å²) in [4.78, 5) is 18.1. The molecule has 0 aromatic carbocycles. The number of aromatic nitrogens is 1. The van der Waals surface area contributed by atoms with Gasteiger partial charge in [0.2, 0.25) is 5.91 Å². The number of rotatable bonds is 6. The molecule has 7 heteroatoms. The lowest BCUT2D eigenvalue weighted by atomic mass is 10.1. The second kappa shape index (κ2) is 7.62. The Labute approximate surface area is 141 Å². The number of pyridine rings is 1. The predicted molar refractivity (Wildman–Crippen MR) is 90.2 cm³/mol. The molecular weight excluding hydrogens is 314 g/mol. The average Bonchev–Trinajstić information content (AvgIpc) is 3.01. The Morgan fingerprint density at radius 2 is 2.35 bits per heavy atom. The minimum atomic E-state index is -0.293. The minimum Gasteiger partial charge on any atom is -0.368 e. The fourth-order valence-electron chi connectivity index (χ4n) is 2.47. The molecule has 0 spiro atoms. The fourth-order valence-corrected chi connectivity index (χ4v) is 2.58. The fraction of sp³-hybridized carbons (Fsp3) is 0.562. The van der Waals surface area contributed by atoms with Crippen LogP contribution in [-0.2, 0) is 4.79 Å². The predicted octanol–water partition coefficient (Wildman–Crippen LogP) is 2.03. The zero-order valence-corrected chi connectivity index (χ0v) is 14.2. The van der Waals surface area contributed by atoms with E-state index < -0.39 is 0 Å². The Kier molecular flexibility index (Phi) is 5.80. The molecule has 0 aliphatic carbocycles. The molecular formula is C16H22ClN5O. The second-order valence-electron chi connectivity index (χ2n) is 6.33. The van der Waals surface area contributed by atoms with Crippen molar-refractivity contribution in [3.05, 3.63) is 23.4 Å². The number of anilines is 1. The van der Waals surface area contributed by atoms with Crippen molar-refractivity contribution < 1.29 is 4.79 Å². The van der Waals surface area contributed by atoms with Gasteiger partial charge in [0.25, 0.3) is 0 Å². The van der Waals surface area contributed by atoms with Crippen LogP contribution in [0, 0.1) is 11.3 Å². The average molecular weight is 336 g/mol. The lowest BCUT2D eigenvalue weighted by molar-refractivity contribution is -0.130. The van der Waals surface area contributed by atoms with Crippen molar-refractivity contribution >= 4 is 23.3 Å². The van der Waals surface area contributed by atoms with Gasteiger partial charge in [-0.2, -0.15) is 5.26 Å². The number of amides is 1. The van der Waals surface area contributed by atoms with E-state index in [0.717, 1.165) is 18.7 Å². The summed E-state index contributed by atoms with van der Waals surface area (Å²) >= 11 is 5.80. The van der Waals surface area contributed by atoms with Crippen molar-refractivity contribution in [2.24, 2.45) is 0 Å². The molecule has 1 aliphatic rings. The summed E-state index contributed by atoms with van der Waals surface area (Å²) in [5.41, 5.74) is -0.293. The molecule has 1 amide bonds. The van der Waals surface area contributed by atoms with Crippen LogP contribution in [-0.4, -0.2) is 47.0 Å². The van der Waals surface area contributed by atoms with E-state index in [9.17, 15) is 4.79 Å². The zero-order chi connectivity index (χ0) is 16.9. The molecule has 0 bridgehead atoms. The first-order valence-corrected chi connectivity index (χ1v) is 8.09. The van der Waals surface area contributed by atoms with Gasteiger partial charge in [-0.15, -0.1) is 0 Å². The van der Waals surface area contributed by atoms with Gasteiger partial charge in [-0.25, -0.2) is 4.98 Å². The van der Waals surface area contributed by atoms with Crippen LogP contribution in [0.1, 0.15) is 26.7 Å². The van der Waals surface area contributed by atoms with Crippen molar-refractivity contribution in [2.45, 2.75) is 38.3 Å². The van der Waals surface area contributed by atoms with Crippen LogP contribution < -0.4 is 10.6 Å². The van der Waals surface area contributed by atoms with E-state index in [1.807, 2.05) is 19.9 Å². The molecule has 1 aliphatic heterocycles. The van der Waals surface area contributed by atoms with E-state index in [1.54, 1.807) is 17.2 Å².